The van der Waals surface area contributed by atoms with Crippen LogP contribution < -0.4 is 0 Å². The second kappa shape index (κ2) is 4.44. The van der Waals surface area contributed by atoms with Gasteiger partial charge >= 0.3 is 0 Å². The molecule has 0 aliphatic rings. The summed E-state index contributed by atoms with van der Waals surface area (Å²) < 4.78 is 0. The molecule has 0 heterocycles. The summed E-state index contributed by atoms with van der Waals surface area (Å²) in [5.74, 6) is 0.471. The summed E-state index contributed by atoms with van der Waals surface area (Å²) in [6.45, 7) is 5.65. The Morgan fingerprint density at radius 2 is 2.38 bits per heavy atom. The molecule has 0 aliphatic heterocycles. The van der Waals surface area contributed by atoms with Gasteiger partial charge in [0.25, 0.3) is 0 Å². The van der Waals surface area contributed by atoms with E-state index < -0.39 is 0 Å². The summed E-state index contributed by atoms with van der Waals surface area (Å²) in [6.07, 6.45) is 5.52. The van der Waals surface area contributed by atoms with Gasteiger partial charge in [0.15, 0.2) is 0 Å². The van der Waals surface area contributed by atoms with Crippen LogP contribution in [0, 0.1) is 5.92 Å². The van der Waals surface area contributed by atoms with Crippen molar-refractivity contribution in [3.05, 3.63) is 25.0 Å². The minimum Gasteiger partial charge on any atom is -0.516 e. The molecule has 0 amide bonds. The van der Waals surface area contributed by atoms with Gasteiger partial charge in [0.1, 0.15) is 0 Å². The molecule has 8 heavy (non-hydrogen) atoms. The lowest BCUT2D eigenvalue weighted by atomic mass is 10.1. The molecule has 46 valence electrons. The quantitative estimate of drug-likeness (QED) is 0.438. The lowest BCUT2D eigenvalue weighted by Crippen LogP contribution is -1.83. The van der Waals surface area contributed by atoms with Crippen LogP contribution in [0.5, 0.6) is 0 Å². The predicted molar refractivity (Wildman–Crippen MR) is 35.7 cm³/mol. The monoisotopic (exact) mass is 112 g/mol. The van der Waals surface area contributed by atoms with Gasteiger partial charge in [0, 0.05) is 0 Å². The molecule has 0 radical (unpaired) electrons. The topological polar surface area (TPSA) is 20.2 Å². The van der Waals surface area contributed by atoms with Crippen LogP contribution in [-0.2, 0) is 0 Å². The maximum Gasteiger partial charge on any atom is 0.0751 e. The van der Waals surface area contributed by atoms with Gasteiger partial charge in [-0.25, -0.2) is 0 Å². The Labute approximate surface area is 50.3 Å². The van der Waals surface area contributed by atoms with Crippen LogP contribution in [0.3, 0.4) is 0 Å². The molecule has 0 aliphatic carbocycles. The fourth-order valence-electron chi connectivity index (χ4n) is 0.372. The largest absolute Gasteiger partial charge is 0.516 e. The molecule has 0 fully saturated rings. The fourth-order valence-corrected chi connectivity index (χ4v) is 0.372. The average Bonchev–Trinajstić information content (AvgIpc) is 1.83. The number of hydrogen-bond acceptors (Lipinski definition) is 1. The lowest BCUT2D eigenvalue weighted by molar-refractivity contribution is 0.469. The Morgan fingerprint density at radius 3 is 2.75 bits per heavy atom. The fraction of sp³-hybridized carbons (Fsp3) is 0.429. The van der Waals surface area contributed by atoms with Crippen molar-refractivity contribution < 1.29 is 5.11 Å². The molecule has 0 spiro atoms. The first kappa shape index (κ1) is 7.28. The second-order valence-corrected chi connectivity index (χ2v) is 1.83. The highest BCUT2D eigenvalue weighted by Gasteiger charge is 1.88. The van der Waals surface area contributed by atoms with E-state index in [-0.39, 0.29) is 0 Å². The van der Waals surface area contributed by atoms with Crippen molar-refractivity contribution in [3.63, 3.8) is 0 Å². The van der Waals surface area contributed by atoms with Crippen LogP contribution in [0.1, 0.15) is 13.3 Å². The Morgan fingerprint density at radius 1 is 1.75 bits per heavy atom. The molecule has 1 heteroatoms. The summed E-state index contributed by atoms with van der Waals surface area (Å²) in [4.78, 5) is 0. The van der Waals surface area contributed by atoms with Crippen molar-refractivity contribution in [1.29, 1.82) is 0 Å². The maximum absolute atomic E-state index is 8.20. The van der Waals surface area contributed by atoms with Gasteiger partial charge in [-0.2, -0.15) is 0 Å². The van der Waals surface area contributed by atoms with E-state index in [4.69, 9.17) is 5.11 Å². The first-order valence-corrected chi connectivity index (χ1v) is 2.73. The summed E-state index contributed by atoms with van der Waals surface area (Å²) in [5, 5.41) is 8.20. The molecule has 0 aromatic rings. The number of aliphatic hydroxyl groups excluding tert-OH is 1. The van der Waals surface area contributed by atoms with E-state index in [0.717, 1.165) is 12.7 Å². The third-order valence-corrected chi connectivity index (χ3v) is 1.02. The first-order chi connectivity index (χ1) is 3.81. The Hall–Kier alpha value is -0.720. The SMILES string of the molecule is C=CC(C)C/C=C/O. The highest BCUT2D eigenvalue weighted by atomic mass is 16.2. The van der Waals surface area contributed by atoms with E-state index in [1.807, 2.05) is 13.0 Å². The summed E-state index contributed by atoms with van der Waals surface area (Å²) in [7, 11) is 0. The maximum atomic E-state index is 8.20. The van der Waals surface area contributed by atoms with Gasteiger partial charge in [0.2, 0.25) is 0 Å². The summed E-state index contributed by atoms with van der Waals surface area (Å²) >= 11 is 0. The standard InChI is InChI=1S/C7H12O/c1-3-7(2)5-4-6-8/h3-4,6-8H,1,5H2,2H3/b6-4+. The summed E-state index contributed by atoms with van der Waals surface area (Å²) in [5.41, 5.74) is 0. The van der Waals surface area contributed by atoms with Gasteiger partial charge < -0.3 is 5.11 Å². The molecule has 1 atom stereocenters. The van der Waals surface area contributed by atoms with Crippen molar-refractivity contribution >= 4 is 0 Å². The van der Waals surface area contributed by atoms with E-state index >= 15 is 0 Å². The molecule has 1 unspecified atom stereocenters. The number of hydrogen-bond donors (Lipinski definition) is 1. The third-order valence-electron chi connectivity index (χ3n) is 1.02. The highest BCUT2D eigenvalue weighted by Crippen LogP contribution is 2.01. The van der Waals surface area contributed by atoms with Gasteiger partial charge in [-0.1, -0.05) is 13.0 Å². The van der Waals surface area contributed by atoms with Crippen molar-refractivity contribution in [2.24, 2.45) is 5.92 Å². The van der Waals surface area contributed by atoms with Gasteiger partial charge in [-0.15, -0.1) is 6.58 Å². The highest BCUT2D eigenvalue weighted by molar-refractivity contribution is 4.83. The van der Waals surface area contributed by atoms with E-state index in [0.29, 0.717) is 5.92 Å². The Balaban J connectivity index is 3.23. The van der Waals surface area contributed by atoms with Crippen LogP contribution >= 0.6 is 0 Å². The van der Waals surface area contributed by atoms with E-state index in [1.165, 1.54) is 0 Å². The summed E-state index contributed by atoms with van der Waals surface area (Å²) in [6, 6.07) is 0. The van der Waals surface area contributed by atoms with Crippen molar-refractivity contribution in [2.75, 3.05) is 0 Å². The molecule has 0 saturated carbocycles. The number of aliphatic hydroxyl groups is 1. The molecular weight excluding hydrogens is 100 g/mol. The Kier molecular flexibility index (Phi) is 4.04. The minimum absolute atomic E-state index is 0.471. The van der Waals surface area contributed by atoms with Crippen molar-refractivity contribution in [3.8, 4) is 0 Å². The van der Waals surface area contributed by atoms with E-state index in [1.54, 1.807) is 6.08 Å². The molecule has 0 rings (SSSR count). The van der Waals surface area contributed by atoms with Gasteiger partial charge in [0.05, 0.1) is 6.26 Å². The molecule has 0 saturated heterocycles. The van der Waals surface area contributed by atoms with E-state index in [2.05, 4.69) is 6.58 Å². The van der Waals surface area contributed by atoms with Crippen LogP contribution in [-0.4, -0.2) is 5.11 Å². The molecule has 1 nitrogen and oxygen atoms in total. The van der Waals surface area contributed by atoms with Crippen LogP contribution in [0.4, 0.5) is 0 Å². The first-order valence-electron chi connectivity index (χ1n) is 2.73. The molecule has 1 N–H and O–H groups in total. The van der Waals surface area contributed by atoms with Gasteiger partial charge in [-0.05, 0) is 18.4 Å². The van der Waals surface area contributed by atoms with Gasteiger partial charge in [-0.3, -0.25) is 0 Å². The lowest BCUT2D eigenvalue weighted by Gasteiger charge is -1.96. The van der Waals surface area contributed by atoms with Crippen LogP contribution in [0.25, 0.3) is 0 Å². The third kappa shape index (κ3) is 3.47. The molecule has 0 bridgehead atoms. The van der Waals surface area contributed by atoms with E-state index in [9.17, 15) is 0 Å². The average molecular weight is 112 g/mol. The molecular formula is C7H12O. The number of allylic oxidation sites excluding steroid dienone is 2. The zero-order valence-corrected chi connectivity index (χ0v) is 5.17. The minimum atomic E-state index is 0.471. The zero-order valence-electron chi connectivity index (χ0n) is 5.17. The zero-order chi connectivity index (χ0) is 6.41. The smallest absolute Gasteiger partial charge is 0.0751 e. The van der Waals surface area contributed by atoms with Crippen LogP contribution in [0.2, 0.25) is 0 Å². The van der Waals surface area contributed by atoms with Crippen molar-refractivity contribution in [1.82, 2.24) is 0 Å². The number of rotatable bonds is 3. The Bertz CT molecular complexity index is 84.4. The van der Waals surface area contributed by atoms with Crippen LogP contribution in [0.15, 0.2) is 25.0 Å². The second-order valence-electron chi connectivity index (χ2n) is 1.83. The molecule has 0 aromatic heterocycles. The van der Waals surface area contributed by atoms with Crippen molar-refractivity contribution in [2.45, 2.75) is 13.3 Å². The molecule has 0 aromatic carbocycles. The normalized spacial score (nSPS) is 14.1. The predicted octanol–water partition coefficient (Wildman–Crippen LogP) is 2.27.